The topological polar surface area (TPSA) is 119 Å². The molecule has 2 amide bonds. The van der Waals surface area contributed by atoms with Crippen LogP contribution in [-0.2, 0) is 22.6 Å². The van der Waals surface area contributed by atoms with Crippen LogP contribution in [0.3, 0.4) is 0 Å². The number of para-hydroxylation sites is 1. The van der Waals surface area contributed by atoms with E-state index >= 15 is 0 Å². The highest BCUT2D eigenvalue weighted by molar-refractivity contribution is 5.94. The van der Waals surface area contributed by atoms with Gasteiger partial charge in [0.05, 0.1) is 6.42 Å². The Kier molecular flexibility index (Phi) is 7.01. The van der Waals surface area contributed by atoms with Gasteiger partial charge in [0, 0.05) is 23.6 Å². The van der Waals surface area contributed by atoms with E-state index in [1.54, 1.807) is 30.6 Å². The number of pyridine rings is 1. The fourth-order valence-corrected chi connectivity index (χ4v) is 3.02. The number of benzene rings is 2. The quantitative estimate of drug-likeness (QED) is 0.427. The van der Waals surface area contributed by atoms with E-state index in [1.165, 1.54) is 0 Å². The molecule has 0 aliphatic heterocycles. The summed E-state index contributed by atoms with van der Waals surface area (Å²) in [6, 6.07) is 20.2. The van der Waals surface area contributed by atoms with E-state index in [2.05, 4.69) is 25.8 Å². The second kappa shape index (κ2) is 10.7. The Morgan fingerprint density at radius 1 is 0.970 bits per heavy atom. The van der Waals surface area contributed by atoms with Crippen molar-refractivity contribution in [2.24, 2.45) is 0 Å². The molecule has 9 nitrogen and oxygen atoms in total. The number of alkyl carbamates (subject to hydrolysis) is 1. The predicted octanol–water partition coefficient (Wildman–Crippen LogP) is 3.59. The molecule has 0 aliphatic carbocycles. The average Bonchev–Trinajstić information content (AvgIpc) is 3.32. The second-order valence-electron chi connectivity index (χ2n) is 7.05. The van der Waals surface area contributed by atoms with Crippen molar-refractivity contribution in [3.8, 4) is 11.4 Å². The summed E-state index contributed by atoms with van der Waals surface area (Å²) in [6.45, 7) is -0.101. The van der Waals surface area contributed by atoms with E-state index in [1.807, 2.05) is 48.5 Å². The molecular formula is C24H21N5O4. The molecule has 166 valence electrons. The van der Waals surface area contributed by atoms with E-state index in [4.69, 9.17) is 9.26 Å². The Balaban J connectivity index is 1.30. The third kappa shape index (κ3) is 6.23. The van der Waals surface area contributed by atoms with E-state index in [0.717, 1.165) is 16.7 Å². The van der Waals surface area contributed by atoms with Crippen LogP contribution >= 0.6 is 0 Å². The van der Waals surface area contributed by atoms with Crippen molar-refractivity contribution in [3.05, 3.63) is 96.1 Å². The number of aromatic nitrogens is 3. The van der Waals surface area contributed by atoms with Crippen LogP contribution in [0.1, 0.15) is 17.0 Å². The zero-order valence-electron chi connectivity index (χ0n) is 17.6. The molecule has 2 aromatic carbocycles. The van der Waals surface area contributed by atoms with Gasteiger partial charge < -0.3 is 19.9 Å². The predicted molar refractivity (Wildman–Crippen MR) is 120 cm³/mol. The van der Waals surface area contributed by atoms with Gasteiger partial charge in [0.25, 0.3) is 0 Å². The number of amides is 2. The van der Waals surface area contributed by atoms with E-state index < -0.39 is 6.09 Å². The van der Waals surface area contributed by atoms with Crippen molar-refractivity contribution >= 4 is 17.7 Å². The summed E-state index contributed by atoms with van der Waals surface area (Å²) in [7, 11) is 0. The molecule has 0 bridgehead atoms. The van der Waals surface area contributed by atoms with Gasteiger partial charge in [0.15, 0.2) is 0 Å². The van der Waals surface area contributed by atoms with Gasteiger partial charge in [-0.15, -0.1) is 0 Å². The highest BCUT2D eigenvalue weighted by Crippen LogP contribution is 2.20. The molecule has 4 aromatic rings. The van der Waals surface area contributed by atoms with Gasteiger partial charge in [-0.05, 0) is 29.3 Å². The lowest BCUT2D eigenvalue weighted by atomic mass is 10.1. The molecular weight excluding hydrogens is 422 g/mol. The van der Waals surface area contributed by atoms with E-state index in [-0.39, 0.29) is 19.1 Å². The maximum atomic E-state index is 12.3. The number of nitrogens with zero attached hydrogens (tertiary/aromatic N) is 3. The van der Waals surface area contributed by atoms with E-state index in [0.29, 0.717) is 23.8 Å². The summed E-state index contributed by atoms with van der Waals surface area (Å²) in [5.74, 6) is 0.455. The maximum Gasteiger partial charge on any atom is 0.407 e. The minimum Gasteiger partial charge on any atom is -0.445 e. The lowest BCUT2D eigenvalue weighted by Gasteiger charge is -2.11. The molecule has 0 saturated carbocycles. The Morgan fingerprint density at radius 3 is 2.61 bits per heavy atom. The summed E-state index contributed by atoms with van der Waals surface area (Å²) in [5, 5.41) is 9.22. The molecule has 9 heteroatoms. The van der Waals surface area contributed by atoms with Gasteiger partial charge in [-0.2, -0.15) is 4.98 Å². The van der Waals surface area contributed by atoms with Crippen LogP contribution in [0.2, 0.25) is 0 Å². The van der Waals surface area contributed by atoms with Crippen LogP contribution in [-0.4, -0.2) is 33.7 Å². The molecule has 33 heavy (non-hydrogen) atoms. The molecule has 2 N–H and O–H groups in total. The van der Waals surface area contributed by atoms with Gasteiger partial charge in [-0.3, -0.25) is 9.78 Å². The minimum absolute atomic E-state index is 0.127. The summed E-state index contributed by atoms with van der Waals surface area (Å²) < 4.78 is 10.5. The zero-order chi connectivity index (χ0) is 22.9. The first-order chi connectivity index (χ1) is 16.2. The van der Waals surface area contributed by atoms with Gasteiger partial charge in [0.1, 0.15) is 13.2 Å². The molecule has 0 atom stereocenters. The van der Waals surface area contributed by atoms with Crippen molar-refractivity contribution in [2.45, 2.75) is 13.0 Å². The van der Waals surface area contributed by atoms with Crippen LogP contribution in [0.25, 0.3) is 11.4 Å². The Hall–Kier alpha value is -4.53. The largest absolute Gasteiger partial charge is 0.445 e. The van der Waals surface area contributed by atoms with Crippen LogP contribution in [0, 0.1) is 0 Å². The van der Waals surface area contributed by atoms with Crippen LogP contribution in [0.4, 0.5) is 10.5 Å². The minimum atomic E-state index is -0.670. The molecule has 0 aliphatic rings. The first-order valence-electron chi connectivity index (χ1n) is 10.2. The third-order valence-electron chi connectivity index (χ3n) is 4.63. The fraction of sp³-hybridized carbons (Fsp3) is 0.125. The number of rotatable bonds is 8. The van der Waals surface area contributed by atoms with Crippen LogP contribution < -0.4 is 10.6 Å². The normalized spacial score (nSPS) is 10.4. The number of carbonyl (C=O) groups is 2. The molecule has 0 spiro atoms. The smallest absolute Gasteiger partial charge is 0.407 e. The SMILES string of the molecule is O=C(CNC(=O)OCc1ccccc1)Nc1ccccc1Cc1nc(-c2cccnc2)no1. The van der Waals surface area contributed by atoms with Gasteiger partial charge in [-0.1, -0.05) is 53.7 Å². The van der Waals surface area contributed by atoms with Crippen LogP contribution in [0.5, 0.6) is 0 Å². The van der Waals surface area contributed by atoms with Crippen LogP contribution in [0.15, 0.2) is 83.6 Å². The number of anilines is 1. The molecule has 4 rings (SSSR count). The molecule has 2 aromatic heterocycles. The number of ether oxygens (including phenoxy) is 1. The van der Waals surface area contributed by atoms with Gasteiger partial charge in [-0.25, -0.2) is 4.79 Å². The Morgan fingerprint density at radius 2 is 1.79 bits per heavy atom. The van der Waals surface area contributed by atoms with Gasteiger partial charge >= 0.3 is 6.09 Å². The molecule has 0 unspecified atom stereocenters. The van der Waals surface area contributed by atoms with Gasteiger partial charge in [0.2, 0.25) is 17.6 Å². The number of carbonyl (C=O) groups excluding carboxylic acids is 2. The summed E-state index contributed by atoms with van der Waals surface area (Å²) in [6.07, 6.45) is 2.98. The van der Waals surface area contributed by atoms with Crippen molar-refractivity contribution in [1.29, 1.82) is 0 Å². The molecule has 2 heterocycles. The summed E-state index contributed by atoms with van der Waals surface area (Å²) in [5.41, 5.74) is 2.99. The Labute approximate surface area is 189 Å². The summed E-state index contributed by atoms with van der Waals surface area (Å²) in [4.78, 5) is 32.6. The maximum absolute atomic E-state index is 12.3. The van der Waals surface area contributed by atoms with Crippen molar-refractivity contribution < 1.29 is 18.8 Å². The number of hydrogen-bond acceptors (Lipinski definition) is 7. The van der Waals surface area contributed by atoms with Crippen molar-refractivity contribution in [3.63, 3.8) is 0 Å². The first kappa shape index (κ1) is 21.7. The first-order valence-corrected chi connectivity index (χ1v) is 10.2. The second-order valence-corrected chi connectivity index (χ2v) is 7.05. The highest BCUT2D eigenvalue weighted by atomic mass is 16.5. The van der Waals surface area contributed by atoms with E-state index in [9.17, 15) is 9.59 Å². The highest BCUT2D eigenvalue weighted by Gasteiger charge is 2.13. The standard InChI is InChI=1S/C24H21N5O4/c30-21(15-26-24(31)32-16-17-7-2-1-3-8-17)27-20-11-5-4-9-18(20)13-22-28-23(29-33-22)19-10-6-12-25-14-19/h1-12,14H,13,15-16H2,(H,26,31)(H,27,30). The molecule has 0 radical (unpaired) electrons. The fourth-order valence-electron chi connectivity index (χ4n) is 3.02. The molecule has 0 fully saturated rings. The monoisotopic (exact) mass is 443 g/mol. The average molecular weight is 443 g/mol. The number of hydrogen-bond donors (Lipinski definition) is 2. The number of nitrogens with one attached hydrogen (secondary N) is 2. The Bertz CT molecular complexity index is 1210. The lowest BCUT2D eigenvalue weighted by molar-refractivity contribution is -0.115. The lowest BCUT2D eigenvalue weighted by Crippen LogP contribution is -2.33. The molecule has 0 saturated heterocycles. The van der Waals surface area contributed by atoms with Crippen molar-refractivity contribution in [1.82, 2.24) is 20.4 Å². The van der Waals surface area contributed by atoms with Crippen molar-refractivity contribution in [2.75, 3.05) is 11.9 Å². The zero-order valence-corrected chi connectivity index (χ0v) is 17.6. The third-order valence-corrected chi connectivity index (χ3v) is 4.63. The summed E-state index contributed by atoms with van der Waals surface area (Å²) >= 11 is 0.